The van der Waals surface area contributed by atoms with E-state index >= 15 is 0 Å². The largest absolute Gasteiger partial charge is 0.343 e. The van der Waals surface area contributed by atoms with E-state index in [1.165, 1.54) is 17.5 Å². The Morgan fingerprint density at radius 1 is 1.38 bits per heavy atom. The van der Waals surface area contributed by atoms with Gasteiger partial charge >= 0.3 is 0 Å². The Hall–Kier alpha value is -1.20. The third kappa shape index (κ3) is 2.90. The van der Waals surface area contributed by atoms with Crippen LogP contribution in [-0.2, 0) is 13.1 Å². The maximum Gasteiger partial charge on any atom is 0.213 e. The Bertz CT molecular complexity index is 456. The molecule has 0 aliphatic carbocycles. The Morgan fingerprint density at radius 2 is 2.25 bits per heavy atom. The summed E-state index contributed by atoms with van der Waals surface area (Å²) in [6.07, 6.45) is 1.33. The lowest BCUT2D eigenvalue weighted by molar-refractivity contribution is 0.407. The van der Waals surface area contributed by atoms with Crippen LogP contribution < -0.4 is 5.32 Å². The molecule has 0 bridgehead atoms. The predicted octanol–water partition coefficient (Wildman–Crippen LogP) is 2.43. The summed E-state index contributed by atoms with van der Waals surface area (Å²) >= 11 is 3.54. The smallest absolute Gasteiger partial charge is 0.213 e. The summed E-state index contributed by atoms with van der Waals surface area (Å²) < 4.78 is 5.76. The van der Waals surface area contributed by atoms with Crippen LogP contribution in [0.4, 0.5) is 0 Å². The lowest BCUT2D eigenvalue weighted by Gasteiger charge is -2.05. The van der Waals surface area contributed by atoms with Crippen molar-refractivity contribution in [2.75, 3.05) is 0 Å². The Labute approximate surface area is 102 Å². The summed E-state index contributed by atoms with van der Waals surface area (Å²) in [5.41, 5.74) is 2.46. The van der Waals surface area contributed by atoms with Gasteiger partial charge in [-0.3, -0.25) is 0 Å². The number of aromatic nitrogens is 2. The van der Waals surface area contributed by atoms with E-state index in [9.17, 15) is 0 Å². The number of nitrogens with zero attached hydrogens (tertiary/aromatic N) is 2. The summed E-state index contributed by atoms with van der Waals surface area (Å²) in [5, 5.41) is 6.97. The average molecular weight is 282 g/mol. The Kier molecular flexibility index (Phi) is 3.69. The monoisotopic (exact) mass is 281 g/mol. The molecule has 1 aromatic heterocycles. The molecule has 1 heterocycles. The Morgan fingerprint density at radius 3 is 2.94 bits per heavy atom. The molecular weight excluding hydrogens is 270 g/mol. The molecule has 0 radical (unpaired) electrons. The summed E-state index contributed by atoms with van der Waals surface area (Å²) in [6, 6.07) is 6.30. The van der Waals surface area contributed by atoms with Crippen LogP contribution in [0.3, 0.4) is 0 Å². The van der Waals surface area contributed by atoms with Crippen molar-refractivity contribution in [1.82, 2.24) is 15.5 Å². The highest BCUT2D eigenvalue weighted by molar-refractivity contribution is 9.10. The van der Waals surface area contributed by atoms with E-state index in [-0.39, 0.29) is 0 Å². The number of rotatable bonds is 4. The molecule has 0 unspecified atom stereocenters. The van der Waals surface area contributed by atoms with E-state index in [2.05, 4.69) is 61.0 Å². The van der Waals surface area contributed by atoms with Crippen LogP contribution in [0.25, 0.3) is 0 Å². The lowest BCUT2D eigenvalue weighted by atomic mass is 10.1. The van der Waals surface area contributed by atoms with Crippen molar-refractivity contribution in [3.05, 3.63) is 46.0 Å². The van der Waals surface area contributed by atoms with Gasteiger partial charge in [0.05, 0.1) is 6.54 Å². The van der Waals surface area contributed by atoms with Gasteiger partial charge in [0.25, 0.3) is 0 Å². The fraction of sp³-hybridized carbons (Fsp3) is 0.273. The zero-order chi connectivity index (χ0) is 11.4. The molecule has 4 nitrogen and oxygen atoms in total. The summed E-state index contributed by atoms with van der Waals surface area (Å²) in [7, 11) is 0. The van der Waals surface area contributed by atoms with E-state index < -0.39 is 0 Å². The normalized spacial score (nSPS) is 10.6. The van der Waals surface area contributed by atoms with E-state index in [4.69, 9.17) is 0 Å². The minimum absolute atomic E-state index is 0.608. The maximum absolute atomic E-state index is 4.65. The molecule has 2 rings (SSSR count). The minimum Gasteiger partial charge on any atom is -0.343 e. The van der Waals surface area contributed by atoms with Crippen molar-refractivity contribution >= 4 is 15.9 Å². The van der Waals surface area contributed by atoms with Crippen molar-refractivity contribution in [2.24, 2.45) is 0 Å². The topological polar surface area (TPSA) is 51.0 Å². The number of hydrogen-bond donors (Lipinski definition) is 1. The molecule has 2 aromatic rings. The first-order chi connectivity index (χ1) is 7.75. The van der Waals surface area contributed by atoms with Crippen LogP contribution in [0.5, 0.6) is 0 Å². The van der Waals surface area contributed by atoms with E-state index in [1.807, 2.05) is 0 Å². The fourth-order valence-electron chi connectivity index (χ4n) is 1.37. The molecule has 0 saturated carbocycles. The van der Waals surface area contributed by atoms with E-state index in [0.29, 0.717) is 12.4 Å². The molecule has 0 atom stereocenters. The molecule has 1 N–H and O–H groups in total. The standard InChI is InChI=1S/C11H12BrN3O/c1-8-2-3-9(10(12)4-8)5-13-6-11-14-7-16-15-11/h2-4,7,13H,5-6H2,1H3. The zero-order valence-electron chi connectivity index (χ0n) is 8.90. The minimum atomic E-state index is 0.608. The molecule has 1 aromatic carbocycles. The van der Waals surface area contributed by atoms with Gasteiger partial charge in [-0.05, 0) is 24.1 Å². The highest BCUT2D eigenvalue weighted by Crippen LogP contribution is 2.18. The van der Waals surface area contributed by atoms with Gasteiger partial charge in [-0.2, -0.15) is 4.98 Å². The molecule has 0 amide bonds. The average Bonchev–Trinajstić information content (AvgIpc) is 2.74. The second-order valence-electron chi connectivity index (χ2n) is 3.55. The first-order valence-electron chi connectivity index (χ1n) is 4.96. The molecule has 0 saturated heterocycles. The van der Waals surface area contributed by atoms with Crippen LogP contribution in [0.2, 0.25) is 0 Å². The van der Waals surface area contributed by atoms with Gasteiger partial charge < -0.3 is 9.84 Å². The van der Waals surface area contributed by atoms with Gasteiger partial charge in [0.1, 0.15) is 0 Å². The molecule has 84 valence electrons. The van der Waals surface area contributed by atoms with Gasteiger partial charge in [-0.25, -0.2) is 0 Å². The fourth-order valence-corrected chi connectivity index (χ4v) is 2.01. The third-order valence-electron chi connectivity index (χ3n) is 2.21. The Balaban J connectivity index is 1.90. The SMILES string of the molecule is Cc1ccc(CNCc2ncon2)c(Br)c1. The predicted molar refractivity (Wildman–Crippen MR) is 63.7 cm³/mol. The third-order valence-corrected chi connectivity index (χ3v) is 2.95. The molecule has 0 fully saturated rings. The van der Waals surface area contributed by atoms with Crippen LogP contribution in [0.1, 0.15) is 17.0 Å². The highest BCUT2D eigenvalue weighted by Gasteiger charge is 2.01. The van der Waals surface area contributed by atoms with Crippen molar-refractivity contribution in [3.8, 4) is 0 Å². The van der Waals surface area contributed by atoms with Gasteiger partial charge in [0.2, 0.25) is 6.39 Å². The van der Waals surface area contributed by atoms with E-state index in [1.54, 1.807) is 0 Å². The second-order valence-corrected chi connectivity index (χ2v) is 4.40. The quantitative estimate of drug-likeness (QED) is 0.935. The molecule has 16 heavy (non-hydrogen) atoms. The molecule has 0 spiro atoms. The van der Waals surface area contributed by atoms with Crippen molar-refractivity contribution in [2.45, 2.75) is 20.0 Å². The first-order valence-corrected chi connectivity index (χ1v) is 5.76. The number of nitrogens with one attached hydrogen (secondary N) is 1. The molecule has 5 heteroatoms. The number of hydrogen-bond acceptors (Lipinski definition) is 4. The first kappa shape index (κ1) is 11.3. The second kappa shape index (κ2) is 5.23. The number of aryl methyl sites for hydroxylation is 1. The molecule has 0 aliphatic rings. The summed E-state index contributed by atoms with van der Waals surface area (Å²) in [5.74, 6) is 0.670. The zero-order valence-corrected chi connectivity index (χ0v) is 10.5. The van der Waals surface area contributed by atoms with Crippen molar-refractivity contribution < 1.29 is 4.52 Å². The summed E-state index contributed by atoms with van der Waals surface area (Å²) in [4.78, 5) is 3.93. The van der Waals surface area contributed by atoms with Gasteiger partial charge in [0, 0.05) is 11.0 Å². The maximum atomic E-state index is 4.65. The van der Waals surface area contributed by atoms with Crippen molar-refractivity contribution in [3.63, 3.8) is 0 Å². The van der Waals surface area contributed by atoms with Crippen LogP contribution in [0, 0.1) is 6.92 Å². The van der Waals surface area contributed by atoms with Crippen LogP contribution in [0.15, 0.2) is 33.6 Å². The van der Waals surface area contributed by atoms with Crippen molar-refractivity contribution in [1.29, 1.82) is 0 Å². The highest BCUT2D eigenvalue weighted by atomic mass is 79.9. The molecular formula is C11H12BrN3O. The van der Waals surface area contributed by atoms with Gasteiger partial charge in [-0.1, -0.05) is 33.2 Å². The molecule has 0 aliphatic heterocycles. The summed E-state index contributed by atoms with van der Waals surface area (Å²) in [6.45, 7) is 3.45. The lowest BCUT2D eigenvalue weighted by Crippen LogP contribution is -2.14. The van der Waals surface area contributed by atoms with E-state index in [0.717, 1.165) is 11.0 Å². The van der Waals surface area contributed by atoms with Gasteiger partial charge in [0.15, 0.2) is 5.82 Å². The number of benzene rings is 1. The van der Waals surface area contributed by atoms with Crippen LogP contribution >= 0.6 is 15.9 Å². The van der Waals surface area contributed by atoms with Gasteiger partial charge in [-0.15, -0.1) is 0 Å². The number of halogens is 1. The van der Waals surface area contributed by atoms with Crippen LogP contribution in [-0.4, -0.2) is 10.1 Å².